The van der Waals surface area contributed by atoms with E-state index in [0.717, 1.165) is 6.07 Å². The summed E-state index contributed by atoms with van der Waals surface area (Å²) in [5.41, 5.74) is 11.1. The Bertz CT molecular complexity index is 665. The summed E-state index contributed by atoms with van der Waals surface area (Å²) >= 11 is 5.65. The Hall–Kier alpha value is -2.39. The first-order valence-electron chi connectivity index (χ1n) is 4.81. The Morgan fingerprint density at radius 3 is 2.61 bits per heavy atom. The Kier molecular flexibility index (Phi) is 3.00. The van der Waals surface area contributed by atoms with Gasteiger partial charge in [-0.15, -0.1) is 0 Å². The van der Waals surface area contributed by atoms with E-state index in [1.807, 2.05) is 6.07 Å². The molecule has 18 heavy (non-hydrogen) atoms. The topological polar surface area (TPSA) is 102 Å². The van der Waals surface area contributed by atoms with Crippen LogP contribution in [0.4, 0.5) is 16.2 Å². The van der Waals surface area contributed by atoms with Gasteiger partial charge in [-0.3, -0.25) is 0 Å². The van der Waals surface area contributed by atoms with Gasteiger partial charge in [-0.25, -0.2) is 9.37 Å². The molecule has 1 heterocycles. The second-order valence-electron chi connectivity index (χ2n) is 3.43. The zero-order valence-electron chi connectivity index (χ0n) is 8.98. The molecule has 0 saturated heterocycles. The van der Waals surface area contributed by atoms with Crippen molar-refractivity contribution in [1.82, 2.24) is 9.97 Å². The van der Waals surface area contributed by atoms with Crippen molar-refractivity contribution in [3.05, 3.63) is 34.6 Å². The first-order valence-corrected chi connectivity index (χ1v) is 5.19. The molecule has 7 heteroatoms. The molecule has 0 aliphatic heterocycles. The third-order valence-electron chi connectivity index (χ3n) is 2.25. The van der Waals surface area contributed by atoms with E-state index < -0.39 is 5.82 Å². The highest BCUT2D eigenvalue weighted by Crippen LogP contribution is 2.28. The summed E-state index contributed by atoms with van der Waals surface area (Å²) in [5, 5.41) is 9.24. The van der Waals surface area contributed by atoms with Crippen molar-refractivity contribution in [2.24, 2.45) is 0 Å². The Labute approximate surface area is 107 Å². The highest BCUT2D eigenvalue weighted by Gasteiger charge is 2.16. The molecular formula is C11H7ClFN5. The van der Waals surface area contributed by atoms with Gasteiger partial charge in [0.2, 0.25) is 5.95 Å². The molecule has 0 unspecified atom stereocenters. The standard InChI is InChI=1S/C11H7ClFN5/c12-5-1-2-6(8(13)3-5)9-7(4-14)10(15)18-11(16)17-9/h1-3H,(H4,15,16,17,18). The normalized spacial score (nSPS) is 10.1. The molecule has 0 bridgehead atoms. The number of benzene rings is 1. The van der Waals surface area contributed by atoms with E-state index in [-0.39, 0.29) is 33.6 Å². The molecule has 0 radical (unpaired) electrons. The summed E-state index contributed by atoms with van der Waals surface area (Å²) in [4.78, 5) is 7.50. The molecule has 0 spiro atoms. The molecule has 5 nitrogen and oxygen atoms in total. The van der Waals surface area contributed by atoms with E-state index in [1.54, 1.807) is 0 Å². The molecule has 0 aliphatic rings. The van der Waals surface area contributed by atoms with Crippen LogP contribution in [0.15, 0.2) is 18.2 Å². The SMILES string of the molecule is N#Cc1c(N)nc(N)nc1-c1ccc(Cl)cc1F. The molecule has 1 aromatic carbocycles. The van der Waals surface area contributed by atoms with Crippen molar-refractivity contribution in [2.75, 3.05) is 11.5 Å². The quantitative estimate of drug-likeness (QED) is 0.819. The summed E-state index contributed by atoms with van der Waals surface area (Å²) in [6.07, 6.45) is 0. The number of halogens is 2. The molecular weight excluding hydrogens is 257 g/mol. The molecule has 0 atom stereocenters. The van der Waals surface area contributed by atoms with Crippen LogP contribution in [-0.2, 0) is 0 Å². The maximum Gasteiger partial charge on any atom is 0.222 e. The molecule has 0 amide bonds. The fourth-order valence-electron chi connectivity index (χ4n) is 1.48. The summed E-state index contributed by atoms with van der Waals surface area (Å²) in [6.45, 7) is 0. The van der Waals surface area contributed by atoms with E-state index in [2.05, 4.69) is 9.97 Å². The molecule has 2 aromatic rings. The Morgan fingerprint density at radius 2 is 2.00 bits per heavy atom. The van der Waals surface area contributed by atoms with Gasteiger partial charge in [0.15, 0.2) is 0 Å². The van der Waals surface area contributed by atoms with Crippen molar-refractivity contribution >= 4 is 23.4 Å². The maximum absolute atomic E-state index is 13.8. The zero-order valence-corrected chi connectivity index (χ0v) is 9.74. The van der Waals surface area contributed by atoms with Gasteiger partial charge in [-0.05, 0) is 18.2 Å². The lowest BCUT2D eigenvalue weighted by atomic mass is 10.1. The predicted octanol–water partition coefficient (Wildman–Crippen LogP) is 1.97. The molecule has 2 rings (SSSR count). The smallest absolute Gasteiger partial charge is 0.222 e. The van der Waals surface area contributed by atoms with Crippen LogP contribution in [0, 0.1) is 17.1 Å². The molecule has 0 fully saturated rings. The predicted molar refractivity (Wildman–Crippen MR) is 66.0 cm³/mol. The average Bonchev–Trinajstić information content (AvgIpc) is 2.28. The number of aromatic nitrogens is 2. The van der Waals surface area contributed by atoms with Gasteiger partial charge in [0, 0.05) is 10.6 Å². The van der Waals surface area contributed by atoms with Crippen LogP contribution in [-0.4, -0.2) is 9.97 Å². The summed E-state index contributed by atoms with van der Waals surface area (Å²) in [7, 11) is 0. The Balaban J connectivity index is 2.75. The van der Waals surface area contributed by atoms with Gasteiger partial charge in [0.05, 0.1) is 5.69 Å². The van der Waals surface area contributed by atoms with Crippen molar-refractivity contribution < 1.29 is 4.39 Å². The van der Waals surface area contributed by atoms with Crippen molar-refractivity contribution in [2.45, 2.75) is 0 Å². The maximum atomic E-state index is 13.8. The van der Waals surface area contributed by atoms with E-state index >= 15 is 0 Å². The van der Waals surface area contributed by atoms with Gasteiger partial charge >= 0.3 is 0 Å². The number of nitrogen functional groups attached to an aromatic ring is 2. The van der Waals surface area contributed by atoms with Gasteiger partial charge < -0.3 is 11.5 Å². The van der Waals surface area contributed by atoms with Crippen LogP contribution in [0.25, 0.3) is 11.3 Å². The highest BCUT2D eigenvalue weighted by molar-refractivity contribution is 6.30. The second kappa shape index (κ2) is 4.47. The number of nitrogens with two attached hydrogens (primary N) is 2. The van der Waals surface area contributed by atoms with E-state index in [0.29, 0.717) is 0 Å². The largest absolute Gasteiger partial charge is 0.382 e. The molecule has 1 aromatic heterocycles. The van der Waals surface area contributed by atoms with E-state index in [9.17, 15) is 4.39 Å². The van der Waals surface area contributed by atoms with Crippen LogP contribution in [0.2, 0.25) is 5.02 Å². The minimum atomic E-state index is -0.614. The van der Waals surface area contributed by atoms with Gasteiger partial charge in [0.25, 0.3) is 0 Å². The van der Waals surface area contributed by atoms with Crippen molar-refractivity contribution in [3.8, 4) is 17.3 Å². The number of nitriles is 1. The lowest BCUT2D eigenvalue weighted by molar-refractivity contribution is 0.631. The number of anilines is 2. The van der Waals surface area contributed by atoms with Crippen LogP contribution in [0.3, 0.4) is 0 Å². The monoisotopic (exact) mass is 263 g/mol. The molecule has 4 N–H and O–H groups in total. The fraction of sp³-hybridized carbons (Fsp3) is 0. The minimum Gasteiger partial charge on any atom is -0.382 e. The van der Waals surface area contributed by atoms with Crippen molar-refractivity contribution in [3.63, 3.8) is 0 Å². The lowest BCUT2D eigenvalue weighted by Crippen LogP contribution is -2.05. The summed E-state index contributed by atoms with van der Waals surface area (Å²) in [5.74, 6) is -0.832. The number of nitrogens with zero attached hydrogens (tertiary/aromatic N) is 3. The fourth-order valence-corrected chi connectivity index (χ4v) is 1.64. The number of rotatable bonds is 1. The van der Waals surface area contributed by atoms with E-state index in [4.69, 9.17) is 28.3 Å². The van der Waals surface area contributed by atoms with Crippen molar-refractivity contribution in [1.29, 1.82) is 5.26 Å². The number of hydrogen-bond acceptors (Lipinski definition) is 5. The first-order chi connectivity index (χ1) is 8.52. The van der Waals surface area contributed by atoms with Crippen LogP contribution < -0.4 is 11.5 Å². The Morgan fingerprint density at radius 1 is 1.28 bits per heavy atom. The van der Waals surface area contributed by atoms with E-state index in [1.165, 1.54) is 12.1 Å². The van der Waals surface area contributed by atoms with Gasteiger partial charge in [-0.2, -0.15) is 10.2 Å². The van der Waals surface area contributed by atoms with Crippen LogP contribution in [0.1, 0.15) is 5.56 Å². The number of hydrogen-bond donors (Lipinski definition) is 2. The summed E-state index contributed by atoms with van der Waals surface area (Å²) < 4.78 is 13.8. The third kappa shape index (κ3) is 2.04. The molecule has 0 saturated carbocycles. The highest BCUT2D eigenvalue weighted by atomic mass is 35.5. The van der Waals surface area contributed by atoms with Gasteiger partial charge in [0.1, 0.15) is 23.3 Å². The van der Waals surface area contributed by atoms with Crippen LogP contribution in [0.5, 0.6) is 0 Å². The van der Waals surface area contributed by atoms with Gasteiger partial charge in [-0.1, -0.05) is 11.6 Å². The molecule has 0 aliphatic carbocycles. The average molecular weight is 264 g/mol. The minimum absolute atomic E-state index is 0.0228. The second-order valence-corrected chi connectivity index (χ2v) is 3.86. The first kappa shape index (κ1) is 12.1. The lowest BCUT2D eigenvalue weighted by Gasteiger charge is -2.07. The zero-order chi connectivity index (χ0) is 13.3. The molecule has 90 valence electrons. The van der Waals surface area contributed by atoms with Crippen LogP contribution >= 0.6 is 11.6 Å². The third-order valence-corrected chi connectivity index (χ3v) is 2.49. The summed E-state index contributed by atoms with van der Waals surface area (Å²) in [6, 6.07) is 5.83.